The molecule has 0 amide bonds. The van der Waals surface area contributed by atoms with Gasteiger partial charge in [0.05, 0.1) is 11.1 Å². The average Bonchev–Trinajstić information content (AvgIpc) is 2.71. The number of aromatic nitrogens is 1. The average molecular weight is 341 g/mol. The summed E-state index contributed by atoms with van der Waals surface area (Å²) in [5, 5.41) is 10.8. The van der Waals surface area contributed by atoms with Crippen molar-refractivity contribution in [2.75, 3.05) is 0 Å². The Morgan fingerprint density at radius 1 is 1.37 bits per heavy atom. The molecule has 1 unspecified atom stereocenters. The predicted molar refractivity (Wildman–Crippen MR) is 81.1 cm³/mol. The molecular formula is C15H15BrClNO. The second kappa shape index (κ2) is 4.97. The molecule has 0 saturated heterocycles. The molecule has 0 saturated carbocycles. The number of hydrogen-bond acceptors (Lipinski definition) is 1. The Morgan fingerprint density at radius 2 is 2.16 bits per heavy atom. The van der Waals surface area contributed by atoms with E-state index >= 15 is 0 Å². The molecule has 1 aliphatic carbocycles. The third-order valence-corrected chi connectivity index (χ3v) is 4.95. The van der Waals surface area contributed by atoms with Crippen LogP contribution in [0.4, 0.5) is 0 Å². The van der Waals surface area contributed by atoms with E-state index in [1.54, 1.807) is 0 Å². The smallest absolute Gasteiger partial charge is 0.0807 e. The number of halogens is 2. The molecule has 1 aliphatic rings. The Kier molecular flexibility index (Phi) is 3.46. The highest BCUT2D eigenvalue weighted by atomic mass is 79.9. The van der Waals surface area contributed by atoms with Crippen molar-refractivity contribution in [2.45, 2.75) is 32.3 Å². The molecule has 0 spiro atoms. The van der Waals surface area contributed by atoms with Gasteiger partial charge in [0.1, 0.15) is 0 Å². The Morgan fingerprint density at radius 3 is 2.89 bits per heavy atom. The van der Waals surface area contributed by atoms with Crippen molar-refractivity contribution in [1.82, 2.24) is 4.57 Å². The van der Waals surface area contributed by atoms with Crippen molar-refractivity contribution in [2.24, 2.45) is 0 Å². The van der Waals surface area contributed by atoms with Crippen LogP contribution in [0.5, 0.6) is 0 Å². The molecule has 1 aromatic heterocycles. The summed E-state index contributed by atoms with van der Waals surface area (Å²) in [6.07, 6.45) is 2.59. The molecule has 1 heterocycles. The van der Waals surface area contributed by atoms with Crippen LogP contribution in [-0.4, -0.2) is 9.67 Å². The second-order valence-corrected chi connectivity index (χ2v) is 6.29. The monoisotopic (exact) mass is 339 g/mol. The van der Waals surface area contributed by atoms with Crippen LogP contribution in [0.3, 0.4) is 0 Å². The van der Waals surface area contributed by atoms with Crippen molar-refractivity contribution >= 4 is 27.5 Å². The van der Waals surface area contributed by atoms with Gasteiger partial charge in [0.2, 0.25) is 0 Å². The zero-order valence-corrected chi connectivity index (χ0v) is 13.0. The standard InChI is InChI=1S/C15H15BrClNO/c1-9-7-11-14(3-2-4-15(11)19)18(9)10-5-6-13(17)12(16)8-10/h5-8,15,19H,2-4H2,1H3. The van der Waals surface area contributed by atoms with Gasteiger partial charge in [-0.15, -0.1) is 0 Å². The third-order valence-electron chi connectivity index (χ3n) is 3.73. The first-order valence-electron chi connectivity index (χ1n) is 6.42. The van der Waals surface area contributed by atoms with Gasteiger partial charge in [-0.1, -0.05) is 11.6 Å². The lowest BCUT2D eigenvalue weighted by Crippen LogP contribution is -2.11. The maximum atomic E-state index is 10.1. The minimum Gasteiger partial charge on any atom is -0.388 e. The summed E-state index contributed by atoms with van der Waals surface area (Å²) in [6, 6.07) is 8.03. The van der Waals surface area contributed by atoms with Crippen molar-refractivity contribution in [3.05, 3.63) is 50.7 Å². The molecule has 3 rings (SSSR count). The van der Waals surface area contributed by atoms with E-state index in [4.69, 9.17) is 11.6 Å². The molecule has 2 aromatic rings. The first-order chi connectivity index (χ1) is 9.08. The van der Waals surface area contributed by atoms with Crippen LogP contribution in [0, 0.1) is 6.92 Å². The first kappa shape index (κ1) is 13.2. The molecule has 4 heteroatoms. The summed E-state index contributed by atoms with van der Waals surface area (Å²) in [6.45, 7) is 2.08. The molecule has 1 atom stereocenters. The van der Waals surface area contributed by atoms with Gasteiger partial charge in [-0.2, -0.15) is 0 Å². The molecule has 0 aliphatic heterocycles. The van der Waals surface area contributed by atoms with E-state index in [2.05, 4.69) is 33.5 Å². The van der Waals surface area contributed by atoms with Crippen LogP contribution in [0.15, 0.2) is 28.7 Å². The van der Waals surface area contributed by atoms with Crippen LogP contribution in [0.25, 0.3) is 5.69 Å². The van der Waals surface area contributed by atoms with Gasteiger partial charge in [-0.25, -0.2) is 0 Å². The van der Waals surface area contributed by atoms with E-state index in [0.29, 0.717) is 5.02 Å². The minimum absolute atomic E-state index is 0.320. The van der Waals surface area contributed by atoms with E-state index in [-0.39, 0.29) is 6.10 Å². The van der Waals surface area contributed by atoms with Crippen LogP contribution in [0.1, 0.15) is 35.9 Å². The largest absolute Gasteiger partial charge is 0.388 e. The number of aryl methyl sites for hydroxylation is 1. The molecule has 1 N–H and O–H groups in total. The number of aliphatic hydroxyl groups is 1. The van der Waals surface area contributed by atoms with Gasteiger partial charge in [0, 0.05) is 27.1 Å². The molecule has 1 aromatic carbocycles. The van der Waals surface area contributed by atoms with Gasteiger partial charge in [0.25, 0.3) is 0 Å². The molecular weight excluding hydrogens is 326 g/mol. The van der Waals surface area contributed by atoms with Crippen LogP contribution < -0.4 is 0 Å². The van der Waals surface area contributed by atoms with E-state index < -0.39 is 0 Å². The zero-order valence-electron chi connectivity index (χ0n) is 10.7. The lowest BCUT2D eigenvalue weighted by molar-refractivity contribution is 0.156. The summed E-state index contributed by atoms with van der Waals surface area (Å²) in [5.74, 6) is 0. The summed E-state index contributed by atoms with van der Waals surface area (Å²) in [4.78, 5) is 0. The molecule has 0 bridgehead atoms. The highest BCUT2D eigenvalue weighted by Gasteiger charge is 2.23. The minimum atomic E-state index is -0.320. The number of fused-ring (bicyclic) bond motifs is 1. The maximum Gasteiger partial charge on any atom is 0.0807 e. The number of hydrogen-bond donors (Lipinski definition) is 1. The second-order valence-electron chi connectivity index (χ2n) is 5.03. The van der Waals surface area contributed by atoms with Crippen molar-refractivity contribution in [3.63, 3.8) is 0 Å². The SMILES string of the molecule is Cc1cc2c(n1-c1ccc(Cl)c(Br)c1)CCCC2O. The summed E-state index contributed by atoms with van der Waals surface area (Å²) in [7, 11) is 0. The van der Waals surface area contributed by atoms with Crippen molar-refractivity contribution in [1.29, 1.82) is 0 Å². The van der Waals surface area contributed by atoms with Crippen LogP contribution >= 0.6 is 27.5 Å². The lowest BCUT2D eigenvalue weighted by atomic mass is 9.95. The van der Waals surface area contributed by atoms with E-state index in [9.17, 15) is 5.11 Å². The highest BCUT2D eigenvalue weighted by molar-refractivity contribution is 9.10. The van der Waals surface area contributed by atoms with E-state index in [1.165, 1.54) is 5.69 Å². The predicted octanol–water partition coefficient (Wildman–Crippen LogP) is 4.57. The van der Waals surface area contributed by atoms with E-state index in [0.717, 1.165) is 40.7 Å². The summed E-state index contributed by atoms with van der Waals surface area (Å²) in [5.41, 5.74) is 4.55. The highest BCUT2D eigenvalue weighted by Crippen LogP contribution is 2.35. The quantitative estimate of drug-likeness (QED) is 0.808. The van der Waals surface area contributed by atoms with Gasteiger partial charge in [-0.3, -0.25) is 0 Å². The molecule has 0 radical (unpaired) electrons. The molecule has 19 heavy (non-hydrogen) atoms. The fourth-order valence-corrected chi connectivity index (χ4v) is 3.35. The maximum absolute atomic E-state index is 10.1. The van der Waals surface area contributed by atoms with Gasteiger partial charge < -0.3 is 9.67 Å². The lowest BCUT2D eigenvalue weighted by Gasteiger charge is -2.20. The normalized spacial score (nSPS) is 18.4. The number of aliphatic hydroxyl groups excluding tert-OH is 1. The van der Waals surface area contributed by atoms with Crippen molar-refractivity contribution < 1.29 is 5.11 Å². The fraction of sp³-hybridized carbons (Fsp3) is 0.333. The zero-order chi connectivity index (χ0) is 13.6. The van der Waals surface area contributed by atoms with Gasteiger partial charge in [-0.05, 0) is 66.4 Å². The third kappa shape index (κ3) is 2.24. The Labute approximate surface area is 126 Å². The van der Waals surface area contributed by atoms with E-state index in [1.807, 2.05) is 18.2 Å². The number of benzene rings is 1. The fourth-order valence-electron chi connectivity index (χ4n) is 2.86. The van der Waals surface area contributed by atoms with Gasteiger partial charge >= 0.3 is 0 Å². The molecule has 100 valence electrons. The Hall–Kier alpha value is -0.770. The summed E-state index contributed by atoms with van der Waals surface area (Å²) < 4.78 is 3.11. The topological polar surface area (TPSA) is 25.2 Å². The Balaban J connectivity index is 2.17. The van der Waals surface area contributed by atoms with Crippen molar-refractivity contribution in [3.8, 4) is 5.69 Å². The van der Waals surface area contributed by atoms with Crippen LogP contribution in [0.2, 0.25) is 5.02 Å². The Bertz CT molecular complexity index is 635. The first-order valence-corrected chi connectivity index (χ1v) is 7.59. The summed E-state index contributed by atoms with van der Waals surface area (Å²) >= 11 is 9.52. The number of nitrogens with zero attached hydrogens (tertiary/aromatic N) is 1. The number of rotatable bonds is 1. The van der Waals surface area contributed by atoms with Crippen LogP contribution in [-0.2, 0) is 6.42 Å². The molecule has 2 nitrogen and oxygen atoms in total. The van der Waals surface area contributed by atoms with Gasteiger partial charge in [0.15, 0.2) is 0 Å². The molecule has 0 fully saturated rings.